The number of rotatable bonds is 2. The molecular formula is C13H8Cl3NO. The lowest BCUT2D eigenvalue weighted by atomic mass is 10.2. The zero-order valence-corrected chi connectivity index (χ0v) is 11.4. The molecule has 0 bridgehead atoms. The molecule has 0 spiro atoms. The maximum atomic E-state index is 11.9. The smallest absolute Gasteiger partial charge is 0.255 e. The first kappa shape index (κ1) is 13.2. The molecule has 0 saturated carbocycles. The fraction of sp³-hybridized carbons (Fsp3) is 0. The van der Waals surface area contributed by atoms with E-state index in [0.29, 0.717) is 26.3 Å². The van der Waals surface area contributed by atoms with Gasteiger partial charge in [0, 0.05) is 15.6 Å². The summed E-state index contributed by atoms with van der Waals surface area (Å²) in [5.74, 6) is -0.254. The zero-order chi connectivity index (χ0) is 13.1. The average Bonchev–Trinajstić information content (AvgIpc) is 2.33. The second kappa shape index (κ2) is 5.61. The van der Waals surface area contributed by atoms with Gasteiger partial charge in [-0.25, -0.2) is 0 Å². The Labute approximate surface area is 119 Å². The molecule has 0 aliphatic rings. The molecule has 2 rings (SSSR count). The molecule has 2 aromatic carbocycles. The predicted molar refractivity (Wildman–Crippen MR) is 75.9 cm³/mol. The average molecular weight is 301 g/mol. The number of anilines is 1. The summed E-state index contributed by atoms with van der Waals surface area (Å²) in [6.07, 6.45) is 0. The van der Waals surface area contributed by atoms with Crippen LogP contribution in [0.3, 0.4) is 0 Å². The molecule has 1 N–H and O–H groups in total. The van der Waals surface area contributed by atoms with Crippen molar-refractivity contribution in [2.45, 2.75) is 0 Å². The highest BCUT2D eigenvalue weighted by atomic mass is 35.5. The van der Waals surface area contributed by atoms with Crippen molar-refractivity contribution < 1.29 is 4.79 Å². The number of hydrogen-bond donors (Lipinski definition) is 1. The second-order valence-electron chi connectivity index (χ2n) is 3.59. The number of halogens is 3. The van der Waals surface area contributed by atoms with E-state index in [1.54, 1.807) is 42.5 Å². The van der Waals surface area contributed by atoms with Crippen LogP contribution in [0.2, 0.25) is 15.1 Å². The van der Waals surface area contributed by atoms with Crippen molar-refractivity contribution >= 4 is 46.4 Å². The van der Waals surface area contributed by atoms with Crippen molar-refractivity contribution in [3.8, 4) is 0 Å². The van der Waals surface area contributed by atoms with Crippen LogP contribution in [-0.4, -0.2) is 5.91 Å². The van der Waals surface area contributed by atoms with Gasteiger partial charge in [-0.1, -0.05) is 34.8 Å². The molecule has 0 fully saturated rings. The molecule has 0 unspecified atom stereocenters. The highest BCUT2D eigenvalue weighted by molar-refractivity contribution is 6.36. The molecular weight excluding hydrogens is 293 g/mol. The van der Waals surface area contributed by atoms with Crippen LogP contribution >= 0.6 is 34.8 Å². The summed E-state index contributed by atoms with van der Waals surface area (Å²) < 4.78 is 0. The highest BCUT2D eigenvalue weighted by Gasteiger charge is 2.08. The van der Waals surface area contributed by atoms with E-state index in [9.17, 15) is 4.79 Å². The van der Waals surface area contributed by atoms with Crippen molar-refractivity contribution in [2.75, 3.05) is 5.32 Å². The minimum Gasteiger partial charge on any atom is -0.321 e. The largest absolute Gasteiger partial charge is 0.321 e. The summed E-state index contributed by atoms with van der Waals surface area (Å²) in [6, 6.07) is 11.5. The number of amides is 1. The lowest BCUT2D eigenvalue weighted by molar-refractivity contribution is 0.102. The summed E-state index contributed by atoms with van der Waals surface area (Å²) in [6.45, 7) is 0. The van der Waals surface area contributed by atoms with Crippen LogP contribution in [0, 0.1) is 0 Å². The van der Waals surface area contributed by atoms with Gasteiger partial charge in [0.25, 0.3) is 5.91 Å². The van der Waals surface area contributed by atoms with Crippen molar-refractivity contribution in [1.29, 1.82) is 0 Å². The van der Waals surface area contributed by atoms with Crippen LogP contribution in [0.15, 0.2) is 42.5 Å². The van der Waals surface area contributed by atoms with Crippen molar-refractivity contribution in [3.63, 3.8) is 0 Å². The summed E-state index contributed by atoms with van der Waals surface area (Å²) in [5, 5.41) is 4.19. The Kier molecular flexibility index (Phi) is 4.12. The Morgan fingerprint density at radius 3 is 2.11 bits per heavy atom. The molecule has 0 aliphatic heterocycles. The molecule has 1 amide bonds. The maximum absolute atomic E-state index is 11.9. The van der Waals surface area contributed by atoms with Gasteiger partial charge in [-0.05, 0) is 42.5 Å². The number of nitrogens with one attached hydrogen (secondary N) is 1. The molecule has 0 heterocycles. The zero-order valence-electron chi connectivity index (χ0n) is 9.08. The van der Waals surface area contributed by atoms with E-state index in [2.05, 4.69) is 5.32 Å². The van der Waals surface area contributed by atoms with Crippen LogP contribution in [0.4, 0.5) is 5.69 Å². The van der Waals surface area contributed by atoms with Gasteiger partial charge < -0.3 is 5.32 Å². The minimum absolute atomic E-state index is 0.254. The molecule has 92 valence electrons. The standard InChI is InChI=1S/C13H8Cl3NO/c14-9-3-1-8(2-4-9)13(18)17-12-6-5-10(15)7-11(12)16/h1-7H,(H,17,18). The molecule has 0 saturated heterocycles. The van der Waals surface area contributed by atoms with E-state index < -0.39 is 0 Å². The van der Waals surface area contributed by atoms with Gasteiger partial charge in [-0.3, -0.25) is 4.79 Å². The van der Waals surface area contributed by atoms with Crippen LogP contribution in [0.1, 0.15) is 10.4 Å². The fourth-order valence-corrected chi connectivity index (χ4v) is 1.97. The molecule has 2 nitrogen and oxygen atoms in total. The first-order chi connectivity index (χ1) is 8.56. The third-order valence-electron chi connectivity index (χ3n) is 2.29. The van der Waals surface area contributed by atoms with Crippen LogP contribution in [0.5, 0.6) is 0 Å². The monoisotopic (exact) mass is 299 g/mol. The SMILES string of the molecule is O=C(Nc1ccc(Cl)cc1Cl)c1ccc(Cl)cc1. The number of carbonyl (C=O) groups is 1. The Morgan fingerprint density at radius 2 is 1.50 bits per heavy atom. The van der Waals surface area contributed by atoms with E-state index >= 15 is 0 Å². The third kappa shape index (κ3) is 3.16. The number of benzene rings is 2. The minimum atomic E-state index is -0.254. The Hall–Kier alpha value is -1.22. The van der Waals surface area contributed by atoms with E-state index in [1.807, 2.05) is 0 Å². The van der Waals surface area contributed by atoms with Gasteiger partial charge in [-0.2, -0.15) is 0 Å². The molecule has 0 radical (unpaired) electrons. The van der Waals surface area contributed by atoms with E-state index in [-0.39, 0.29) is 5.91 Å². The van der Waals surface area contributed by atoms with E-state index in [0.717, 1.165) is 0 Å². The van der Waals surface area contributed by atoms with Crippen LogP contribution in [-0.2, 0) is 0 Å². The molecule has 0 aliphatic carbocycles. The normalized spacial score (nSPS) is 10.2. The molecule has 18 heavy (non-hydrogen) atoms. The summed E-state index contributed by atoms with van der Waals surface area (Å²) >= 11 is 17.5. The Bertz CT molecular complexity index is 581. The molecule has 0 aromatic heterocycles. The number of hydrogen-bond acceptors (Lipinski definition) is 1. The highest BCUT2D eigenvalue weighted by Crippen LogP contribution is 2.25. The molecule has 5 heteroatoms. The van der Waals surface area contributed by atoms with Crippen molar-refractivity contribution in [1.82, 2.24) is 0 Å². The maximum Gasteiger partial charge on any atom is 0.255 e. The number of carbonyl (C=O) groups excluding carboxylic acids is 1. The van der Waals surface area contributed by atoms with Crippen LogP contribution < -0.4 is 5.32 Å². The topological polar surface area (TPSA) is 29.1 Å². The summed E-state index contributed by atoms with van der Waals surface area (Å²) in [7, 11) is 0. The molecule has 0 atom stereocenters. The first-order valence-electron chi connectivity index (χ1n) is 5.08. The van der Waals surface area contributed by atoms with Crippen molar-refractivity contribution in [2.24, 2.45) is 0 Å². The summed E-state index contributed by atoms with van der Waals surface area (Å²) in [4.78, 5) is 11.9. The fourth-order valence-electron chi connectivity index (χ4n) is 1.39. The molecule has 2 aromatic rings. The lowest BCUT2D eigenvalue weighted by Gasteiger charge is -2.07. The third-order valence-corrected chi connectivity index (χ3v) is 3.09. The summed E-state index contributed by atoms with van der Waals surface area (Å²) in [5.41, 5.74) is 1.02. The Morgan fingerprint density at radius 1 is 0.889 bits per heavy atom. The predicted octanol–water partition coefficient (Wildman–Crippen LogP) is 4.90. The van der Waals surface area contributed by atoms with Gasteiger partial charge in [-0.15, -0.1) is 0 Å². The van der Waals surface area contributed by atoms with Crippen LogP contribution in [0.25, 0.3) is 0 Å². The van der Waals surface area contributed by atoms with E-state index in [1.165, 1.54) is 0 Å². The van der Waals surface area contributed by atoms with Gasteiger partial charge in [0.1, 0.15) is 0 Å². The quantitative estimate of drug-likeness (QED) is 0.840. The van der Waals surface area contributed by atoms with Gasteiger partial charge in [0.2, 0.25) is 0 Å². The lowest BCUT2D eigenvalue weighted by Crippen LogP contribution is -2.11. The van der Waals surface area contributed by atoms with Crippen molar-refractivity contribution in [3.05, 3.63) is 63.1 Å². The van der Waals surface area contributed by atoms with Gasteiger partial charge in [0.05, 0.1) is 10.7 Å². The first-order valence-corrected chi connectivity index (χ1v) is 6.21. The van der Waals surface area contributed by atoms with E-state index in [4.69, 9.17) is 34.8 Å². The Balaban J connectivity index is 2.18. The second-order valence-corrected chi connectivity index (χ2v) is 4.87. The van der Waals surface area contributed by atoms with Gasteiger partial charge in [0.15, 0.2) is 0 Å². The van der Waals surface area contributed by atoms with Gasteiger partial charge >= 0.3 is 0 Å².